The zero-order valence-electron chi connectivity index (χ0n) is 5.22. The van der Waals surface area contributed by atoms with E-state index in [2.05, 4.69) is 0 Å². The average Bonchev–Trinajstić information content (AvgIpc) is 1.68. The molecule has 46 valence electrons. The monoisotopic (exact) mass is 114 g/mol. The van der Waals surface area contributed by atoms with Crippen LogP contribution in [0.15, 0.2) is 0 Å². The number of hydrogen-bond donors (Lipinski definition) is 0. The van der Waals surface area contributed by atoms with Gasteiger partial charge in [0.15, 0.2) is 0 Å². The molecule has 0 aliphatic carbocycles. The topological polar surface area (TPSA) is 36.3 Å². The fraction of sp³-hybridized carbons (Fsp3) is 0.800. The van der Waals surface area contributed by atoms with Crippen LogP contribution in [0.4, 0.5) is 0 Å². The summed E-state index contributed by atoms with van der Waals surface area (Å²) >= 11 is 0. The van der Waals surface area contributed by atoms with E-state index in [4.69, 9.17) is 10.1 Å². The number of nitriles is 1. The molecule has 0 rings (SSSR count). The third-order valence-corrected chi connectivity index (χ3v) is 0.643. The quantitative estimate of drug-likeness (QED) is 0.393. The Bertz CT molecular complexity index is 86.9. The van der Waals surface area contributed by atoms with E-state index in [0.29, 0.717) is 13.2 Å². The Labute approximate surface area is 49.4 Å². The summed E-state index contributed by atoms with van der Waals surface area (Å²) in [5, 5.41) is 9.59. The van der Waals surface area contributed by atoms with Gasteiger partial charge in [-0.15, -0.1) is 0 Å². The lowest BCUT2D eigenvalue weighted by molar-refractivity contribution is -0.124. The van der Waals surface area contributed by atoms with E-state index >= 15 is 0 Å². The van der Waals surface area contributed by atoms with E-state index in [9.17, 15) is 0 Å². The van der Waals surface area contributed by atoms with Gasteiger partial charge in [0.1, 0.15) is 6.54 Å². The number of hydrogen-bond acceptors (Lipinski definition) is 3. The maximum absolute atomic E-state index is 8.09. The second kappa shape index (κ2) is 4.57. The minimum absolute atomic E-state index is 0.327. The molecule has 0 aliphatic rings. The fourth-order valence-electron chi connectivity index (χ4n) is 0.366. The first-order valence-corrected chi connectivity index (χ1v) is 2.52. The first kappa shape index (κ1) is 7.41. The third-order valence-electron chi connectivity index (χ3n) is 0.643. The molecule has 0 radical (unpaired) electrons. The lowest BCUT2D eigenvalue weighted by atomic mass is 10.7. The molecule has 0 saturated carbocycles. The number of rotatable bonds is 3. The van der Waals surface area contributed by atoms with Gasteiger partial charge in [-0.05, 0) is 6.92 Å². The molecule has 0 amide bonds. The Morgan fingerprint density at radius 2 is 2.38 bits per heavy atom. The van der Waals surface area contributed by atoms with Crippen molar-refractivity contribution in [2.45, 2.75) is 6.92 Å². The zero-order chi connectivity index (χ0) is 6.41. The summed E-state index contributed by atoms with van der Waals surface area (Å²) in [4.78, 5) is 4.89. The Morgan fingerprint density at radius 3 is 2.75 bits per heavy atom. The first-order valence-electron chi connectivity index (χ1n) is 2.52. The van der Waals surface area contributed by atoms with Crippen LogP contribution in [-0.2, 0) is 4.84 Å². The van der Waals surface area contributed by atoms with Crippen LogP contribution < -0.4 is 0 Å². The van der Waals surface area contributed by atoms with Gasteiger partial charge in [0.25, 0.3) is 0 Å². The zero-order valence-corrected chi connectivity index (χ0v) is 5.22. The van der Waals surface area contributed by atoms with Gasteiger partial charge >= 0.3 is 0 Å². The molecule has 0 spiro atoms. The van der Waals surface area contributed by atoms with Crippen molar-refractivity contribution in [3.05, 3.63) is 0 Å². The van der Waals surface area contributed by atoms with Crippen molar-refractivity contribution in [3.8, 4) is 6.07 Å². The van der Waals surface area contributed by atoms with Crippen molar-refractivity contribution >= 4 is 0 Å². The SMILES string of the molecule is CCON(C)CC#N. The molecule has 0 atom stereocenters. The van der Waals surface area contributed by atoms with Crippen molar-refractivity contribution in [3.63, 3.8) is 0 Å². The maximum Gasteiger partial charge on any atom is 0.111 e. The molecule has 0 aromatic carbocycles. The van der Waals surface area contributed by atoms with Gasteiger partial charge in [0.05, 0.1) is 12.7 Å². The van der Waals surface area contributed by atoms with Gasteiger partial charge in [0.2, 0.25) is 0 Å². The van der Waals surface area contributed by atoms with Gasteiger partial charge in [-0.2, -0.15) is 10.3 Å². The second-order valence-corrected chi connectivity index (χ2v) is 1.36. The summed E-state index contributed by atoms with van der Waals surface area (Å²) in [6.07, 6.45) is 0. The molecular weight excluding hydrogens is 104 g/mol. The van der Waals surface area contributed by atoms with E-state index in [1.54, 1.807) is 7.05 Å². The van der Waals surface area contributed by atoms with E-state index in [1.807, 2.05) is 13.0 Å². The van der Waals surface area contributed by atoms with Crippen LogP contribution in [0, 0.1) is 11.3 Å². The molecule has 3 heteroatoms. The predicted molar refractivity (Wildman–Crippen MR) is 29.9 cm³/mol. The molecule has 0 aliphatic heterocycles. The molecular formula is C5H10N2O. The van der Waals surface area contributed by atoms with Crippen molar-refractivity contribution in [1.82, 2.24) is 5.06 Å². The Kier molecular flexibility index (Phi) is 4.23. The van der Waals surface area contributed by atoms with E-state index in [-0.39, 0.29) is 0 Å². The van der Waals surface area contributed by atoms with Crippen molar-refractivity contribution in [2.24, 2.45) is 0 Å². The Hall–Kier alpha value is -0.590. The highest BCUT2D eigenvalue weighted by Gasteiger charge is 1.90. The van der Waals surface area contributed by atoms with Crippen LogP contribution in [0.5, 0.6) is 0 Å². The van der Waals surface area contributed by atoms with Gasteiger partial charge in [-0.1, -0.05) is 0 Å². The molecule has 0 aromatic heterocycles. The summed E-state index contributed by atoms with van der Waals surface area (Å²) < 4.78 is 0. The number of hydroxylamine groups is 2. The second-order valence-electron chi connectivity index (χ2n) is 1.36. The maximum atomic E-state index is 8.09. The standard InChI is InChI=1S/C5H10N2O/c1-3-8-7(2)5-4-6/h3,5H2,1-2H3. The molecule has 0 bridgehead atoms. The van der Waals surface area contributed by atoms with Gasteiger partial charge in [0, 0.05) is 7.05 Å². The molecule has 3 nitrogen and oxygen atoms in total. The van der Waals surface area contributed by atoms with E-state index in [1.165, 1.54) is 5.06 Å². The normalized spacial score (nSPS) is 9.25. The lowest BCUT2D eigenvalue weighted by Crippen LogP contribution is -2.18. The minimum Gasteiger partial charge on any atom is -0.299 e. The van der Waals surface area contributed by atoms with E-state index in [0.717, 1.165) is 0 Å². The summed E-state index contributed by atoms with van der Waals surface area (Å²) in [6, 6.07) is 1.95. The largest absolute Gasteiger partial charge is 0.299 e. The van der Waals surface area contributed by atoms with Crippen molar-refractivity contribution in [1.29, 1.82) is 5.26 Å². The van der Waals surface area contributed by atoms with Gasteiger partial charge < -0.3 is 0 Å². The summed E-state index contributed by atoms with van der Waals surface area (Å²) in [6.45, 7) is 2.83. The summed E-state index contributed by atoms with van der Waals surface area (Å²) in [7, 11) is 1.73. The van der Waals surface area contributed by atoms with Gasteiger partial charge in [-0.3, -0.25) is 4.84 Å². The third kappa shape index (κ3) is 3.59. The molecule has 0 aromatic rings. The Morgan fingerprint density at radius 1 is 1.75 bits per heavy atom. The smallest absolute Gasteiger partial charge is 0.111 e. The van der Waals surface area contributed by atoms with Crippen LogP contribution in [-0.4, -0.2) is 25.3 Å². The predicted octanol–water partition coefficient (Wildman–Crippen LogP) is 0.393. The highest BCUT2D eigenvalue weighted by Crippen LogP contribution is 1.79. The molecule has 0 heterocycles. The van der Waals surface area contributed by atoms with E-state index < -0.39 is 0 Å². The van der Waals surface area contributed by atoms with Crippen LogP contribution in [0.25, 0.3) is 0 Å². The highest BCUT2D eigenvalue weighted by molar-refractivity contribution is 4.70. The summed E-state index contributed by atoms with van der Waals surface area (Å²) in [5.41, 5.74) is 0. The molecule has 8 heavy (non-hydrogen) atoms. The summed E-state index contributed by atoms with van der Waals surface area (Å²) in [5.74, 6) is 0. The molecule has 0 fully saturated rings. The lowest BCUT2D eigenvalue weighted by Gasteiger charge is -2.09. The van der Waals surface area contributed by atoms with Gasteiger partial charge in [-0.25, -0.2) is 0 Å². The van der Waals surface area contributed by atoms with Crippen LogP contribution in [0.2, 0.25) is 0 Å². The fourth-order valence-corrected chi connectivity index (χ4v) is 0.366. The van der Waals surface area contributed by atoms with Crippen LogP contribution in [0.1, 0.15) is 6.92 Å². The minimum atomic E-state index is 0.327. The number of nitrogens with zero attached hydrogens (tertiary/aromatic N) is 2. The molecule has 0 unspecified atom stereocenters. The first-order chi connectivity index (χ1) is 3.81. The van der Waals surface area contributed by atoms with Crippen LogP contribution >= 0.6 is 0 Å². The average molecular weight is 114 g/mol. The molecule has 0 N–H and O–H groups in total. The highest BCUT2D eigenvalue weighted by atomic mass is 16.7. The molecule has 0 saturated heterocycles. The van der Waals surface area contributed by atoms with Crippen molar-refractivity contribution in [2.75, 3.05) is 20.2 Å². The Balaban J connectivity index is 3.08. The van der Waals surface area contributed by atoms with Crippen molar-refractivity contribution < 1.29 is 4.84 Å². The van der Waals surface area contributed by atoms with Crippen LogP contribution in [0.3, 0.4) is 0 Å².